The maximum atomic E-state index is 11.5. The Morgan fingerprint density at radius 3 is 2.37 bits per heavy atom. The van der Waals surface area contributed by atoms with E-state index in [1.165, 1.54) is 0 Å². The first-order valence-corrected chi connectivity index (χ1v) is 7.56. The zero-order chi connectivity index (χ0) is 13.1. The molecular formula is C12H29Cl2N3OS. The summed E-state index contributed by atoms with van der Waals surface area (Å²) in [5, 5.41) is 2.90. The molecule has 7 heteroatoms. The lowest BCUT2D eigenvalue weighted by Gasteiger charge is -2.17. The van der Waals surface area contributed by atoms with Crippen molar-refractivity contribution in [3.8, 4) is 0 Å². The highest BCUT2D eigenvalue weighted by atomic mass is 35.5. The molecule has 0 aliphatic carbocycles. The molecule has 118 valence electrons. The molecule has 0 radical (unpaired) electrons. The molecular weight excluding hydrogens is 305 g/mol. The number of hydrogen-bond acceptors (Lipinski definition) is 4. The molecule has 0 aromatic carbocycles. The van der Waals surface area contributed by atoms with E-state index in [1.54, 1.807) is 11.8 Å². The number of nitrogens with zero attached hydrogens (tertiary/aromatic N) is 1. The molecule has 0 rings (SSSR count). The Balaban J connectivity index is -0.00000128. The van der Waals surface area contributed by atoms with Crippen LogP contribution in [0.15, 0.2) is 0 Å². The van der Waals surface area contributed by atoms with Gasteiger partial charge < -0.3 is 16.0 Å². The van der Waals surface area contributed by atoms with Crippen LogP contribution in [-0.2, 0) is 4.79 Å². The second-order valence-corrected chi connectivity index (χ2v) is 5.33. The van der Waals surface area contributed by atoms with Crippen LogP contribution in [0.5, 0.6) is 0 Å². The average molecular weight is 334 g/mol. The number of nitrogens with one attached hydrogen (secondary N) is 1. The highest BCUT2D eigenvalue weighted by Crippen LogP contribution is 2.01. The summed E-state index contributed by atoms with van der Waals surface area (Å²) in [6.45, 7) is 10.9. The van der Waals surface area contributed by atoms with E-state index in [2.05, 4.69) is 24.1 Å². The monoisotopic (exact) mass is 333 g/mol. The molecule has 4 nitrogen and oxygen atoms in total. The third kappa shape index (κ3) is 14.5. The second kappa shape index (κ2) is 16.4. The summed E-state index contributed by atoms with van der Waals surface area (Å²) in [4.78, 5) is 13.8. The molecule has 0 spiro atoms. The van der Waals surface area contributed by atoms with Gasteiger partial charge in [0.05, 0.1) is 5.75 Å². The first-order valence-electron chi connectivity index (χ1n) is 6.40. The molecule has 3 N–H and O–H groups in total. The molecule has 1 atom stereocenters. The van der Waals surface area contributed by atoms with Gasteiger partial charge in [-0.1, -0.05) is 20.8 Å². The number of halogens is 2. The Morgan fingerprint density at radius 2 is 1.89 bits per heavy atom. The fourth-order valence-corrected chi connectivity index (χ4v) is 2.14. The van der Waals surface area contributed by atoms with Gasteiger partial charge in [-0.25, -0.2) is 0 Å². The van der Waals surface area contributed by atoms with E-state index in [9.17, 15) is 4.79 Å². The van der Waals surface area contributed by atoms with Crippen LogP contribution in [0.25, 0.3) is 0 Å². The predicted octanol–water partition coefficient (Wildman–Crippen LogP) is 1.62. The fraction of sp³-hybridized carbons (Fsp3) is 0.917. The van der Waals surface area contributed by atoms with Gasteiger partial charge in [0.25, 0.3) is 0 Å². The molecule has 0 saturated carbocycles. The number of amides is 1. The minimum absolute atomic E-state index is 0. The van der Waals surface area contributed by atoms with Crippen molar-refractivity contribution in [3.05, 3.63) is 0 Å². The Bertz CT molecular complexity index is 207. The fourth-order valence-electron chi connectivity index (χ4n) is 1.32. The van der Waals surface area contributed by atoms with Crippen molar-refractivity contribution in [2.45, 2.75) is 20.8 Å². The summed E-state index contributed by atoms with van der Waals surface area (Å²) >= 11 is 1.69. The Hall–Kier alpha value is 0.320. The molecule has 0 aliphatic rings. The summed E-state index contributed by atoms with van der Waals surface area (Å²) in [5.41, 5.74) is 5.48. The zero-order valence-corrected chi connectivity index (χ0v) is 14.6. The third-order valence-electron chi connectivity index (χ3n) is 2.73. The molecule has 0 fully saturated rings. The molecule has 1 unspecified atom stereocenters. The van der Waals surface area contributed by atoms with E-state index >= 15 is 0 Å². The van der Waals surface area contributed by atoms with Gasteiger partial charge >= 0.3 is 0 Å². The topological polar surface area (TPSA) is 58.4 Å². The Morgan fingerprint density at radius 1 is 1.32 bits per heavy atom. The average Bonchev–Trinajstić information content (AvgIpc) is 2.36. The number of carbonyl (C=O) groups excluding carboxylic acids is 1. The van der Waals surface area contributed by atoms with Crippen LogP contribution in [0.4, 0.5) is 0 Å². The lowest BCUT2D eigenvalue weighted by molar-refractivity contribution is -0.118. The molecule has 1 amide bonds. The van der Waals surface area contributed by atoms with Crippen LogP contribution >= 0.6 is 36.6 Å². The molecule has 0 bridgehead atoms. The SMILES string of the molecule is CCN(CC)CCSCC(=O)NCC(C)CN.Cl.Cl. The molecule has 0 aromatic heterocycles. The first-order chi connectivity index (χ1) is 8.13. The quantitative estimate of drug-likeness (QED) is 0.596. The van der Waals surface area contributed by atoms with Crippen molar-refractivity contribution in [1.82, 2.24) is 10.2 Å². The van der Waals surface area contributed by atoms with Crippen LogP contribution in [0.3, 0.4) is 0 Å². The van der Waals surface area contributed by atoms with Crippen molar-refractivity contribution in [1.29, 1.82) is 0 Å². The normalized spacial score (nSPS) is 11.4. The number of thioether (sulfide) groups is 1. The largest absolute Gasteiger partial charge is 0.355 e. The van der Waals surface area contributed by atoms with E-state index in [4.69, 9.17) is 5.73 Å². The number of nitrogens with two attached hydrogens (primary N) is 1. The van der Waals surface area contributed by atoms with Crippen LogP contribution in [0.1, 0.15) is 20.8 Å². The van der Waals surface area contributed by atoms with Crippen LogP contribution in [0, 0.1) is 5.92 Å². The van der Waals surface area contributed by atoms with Gasteiger partial charge in [-0.3, -0.25) is 4.79 Å². The van der Waals surface area contributed by atoms with Gasteiger partial charge in [0, 0.05) is 18.8 Å². The molecule has 0 aromatic rings. The Labute approximate surface area is 134 Å². The van der Waals surface area contributed by atoms with E-state index in [0.29, 0.717) is 24.8 Å². The van der Waals surface area contributed by atoms with Crippen LogP contribution in [0.2, 0.25) is 0 Å². The summed E-state index contributed by atoms with van der Waals surface area (Å²) in [6.07, 6.45) is 0. The lowest BCUT2D eigenvalue weighted by atomic mass is 10.2. The smallest absolute Gasteiger partial charge is 0.230 e. The van der Waals surface area contributed by atoms with E-state index in [0.717, 1.165) is 25.4 Å². The van der Waals surface area contributed by atoms with Crippen molar-refractivity contribution in [2.75, 3.05) is 44.2 Å². The van der Waals surface area contributed by atoms with E-state index in [1.807, 2.05) is 6.92 Å². The maximum absolute atomic E-state index is 11.5. The van der Waals surface area contributed by atoms with Crippen molar-refractivity contribution in [3.63, 3.8) is 0 Å². The van der Waals surface area contributed by atoms with E-state index < -0.39 is 0 Å². The number of rotatable bonds is 10. The molecule has 19 heavy (non-hydrogen) atoms. The van der Waals surface area contributed by atoms with Gasteiger partial charge in [-0.15, -0.1) is 24.8 Å². The minimum Gasteiger partial charge on any atom is -0.355 e. The van der Waals surface area contributed by atoms with Gasteiger partial charge in [0.2, 0.25) is 5.91 Å². The molecule has 0 heterocycles. The highest BCUT2D eigenvalue weighted by Gasteiger charge is 2.05. The molecule has 0 aliphatic heterocycles. The van der Waals surface area contributed by atoms with Gasteiger partial charge in [0.1, 0.15) is 0 Å². The summed E-state index contributed by atoms with van der Waals surface area (Å²) in [5.74, 6) is 2.05. The maximum Gasteiger partial charge on any atom is 0.230 e. The highest BCUT2D eigenvalue weighted by molar-refractivity contribution is 7.99. The van der Waals surface area contributed by atoms with E-state index in [-0.39, 0.29) is 30.7 Å². The first kappa shape index (κ1) is 24.3. The lowest BCUT2D eigenvalue weighted by Crippen LogP contribution is -2.32. The van der Waals surface area contributed by atoms with Crippen LogP contribution in [-0.4, -0.2) is 55.0 Å². The van der Waals surface area contributed by atoms with Gasteiger partial charge in [-0.2, -0.15) is 11.8 Å². The third-order valence-corrected chi connectivity index (χ3v) is 3.67. The summed E-state index contributed by atoms with van der Waals surface area (Å²) in [6, 6.07) is 0. The van der Waals surface area contributed by atoms with Crippen molar-refractivity contribution >= 4 is 42.5 Å². The molecule has 0 saturated heterocycles. The summed E-state index contributed by atoms with van der Waals surface area (Å²) < 4.78 is 0. The van der Waals surface area contributed by atoms with Crippen molar-refractivity contribution < 1.29 is 4.79 Å². The predicted molar refractivity (Wildman–Crippen MR) is 90.8 cm³/mol. The van der Waals surface area contributed by atoms with Crippen LogP contribution < -0.4 is 11.1 Å². The van der Waals surface area contributed by atoms with Crippen molar-refractivity contribution in [2.24, 2.45) is 11.7 Å². The Kier molecular flexibility index (Phi) is 21.0. The number of hydrogen-bond donors (Lipinski definition) is 2. The minimum atomic E-state index is 0. The number of carbonyl (C=O) groups is 1. The second-order valence-electron chi connectivity index (χ2n) is 4.22. The summed E-state index contributed by atoms with van der Waals surface area (Å²) in [7, 11) is 0. The van der Waals surface area contributed by atoms with Gasteiger partial charge in [-0.05, 0) is 25.6 Å². The zero-order valence-electron chi connectivity index (χ0n) is 12.2. The van der Waals surface area contributed by atoms with Gasteiger partial charge in [0.15, 0.2) is 0 Å². The standard InChI is InChI=1S/C12H27N3OS.2ClH/c1-4-15(5-2)6-7-17-10-12(16)14-9-11(3)8-13;;/h11H,4-10,13H2,1-3H3,(H,14,16);2*1H.